The average Bonchev–Trinajstić information content (AvgIpc) is 2.38. The summed E-state index contributed by atoms with van der Waals surface area (Å²) in [4.78, 5) is -0.0936. The Morgan fingerprint density at radius 2 is 1.29 bits per heavy atom. The Bertz CT molecular complexity index is 723. The maximum absolute atomic E-state index is 12.4. The van der Waals surface area contributed by atoms with E-state index in [9.17, 15) is 21.6 Å². The van der Waals surface area contributed by atoms with Crippen molar-refractivity contribution in [2.24, 2.45) is 0 Å². The second-order valence-electron chi connectivity index (χ2n) is 4.03. The molecule has 0 bridgehead atoms. The fourth-order valence-electron chi connectivity index (χ4n) is 1.52. The Morgan fingerprint density at radius 1 is 0.857 bits per heavy atom. The molecule has 0 aromatic heterocycles. The number of alkyl halides is 3. The van der Waals surface area contributed by atoms with E-state index in [0.717, 1.165) is 12.1 Å². The van der Waals surface area contributed by atoms with Crippen molar-refractivity contribution in [1.82, 2.24) is 0 Å². The SMILES string of the molecule is O=S(=O)(Cl)c1ccc(Oc2ccc(C(F)(F)F)cc2)cc1. The van der Waals surface area contributed by atoms with E-state index in [-0.39, 0.29) is 16.4 Å². The highest BCUT2D eigenvalue weighted by Gasteiger charge is 2.30. The summed E-state index contributed by atoms with van der Waals surface area (Å²) < 4.78 is 64.6. The zero-order valence-corrected chi connectivity index (χ0v) is 11.8. The minimum absolute atomic E-state index is 0.0936. The summed E-state index contributed by atoms with van der Waals surface area (Å²) in [6.07, 6.45) is -4.41. The number of ether oxygens (including phenoxy) is 1. The third kappa shape index (κ3) is 4.12. The molecule has 2 aromatic rings. The zero-order chi connectivity index (χ0) is 15.7. The van der Waals surface area contributed by atoms with Crippen LogP contribution >= 0.6 is 10.7 Å². The molecule has 2 rings (SSSR count). The number of rotatable bonds is 3. The van der Waals surface area contributed by atoms with Crippen LogP contribution in [0.1, 0.15) is 5.56 Å². The van der Waals surface area contributed by atoms with Gasteiger partial charge in [0.1, 0.15) is 11.5 Å². The molecule has 0 atom stereocenters. The third-order valence-electron chi connectivity index (χ3n) is 2.52. The number of hydrogen-bond acceptors (Lipinski definition) is 3. The van der Waals surface area contributed by atoms with Gasteiger partial charge in [-0.15, -0.1) is 0 Å². The van der Waals surface area contributed by atoms with E-state index in [1.165, 1.54) is 36.4 Å². The van der Waals surface area contributed by atoms with E-state index in [1.807, 2.05) is 0 Å². The Hall–Kier alpha value is -1.73. The molecule has 0 aliphatic heterocycles. The summed E-state index contributed by atoms with van der Waals surface area (Å²) in [7, 11) is 1.33. The highest BCUT2D eigenvalue weighted by atomic mass is 35.7. The fourth-order valence-corrected chi connectivity index (χ4v) is 2.29. The van der Waals surface area contributed by atoms with Crippen LogP contribution in [0.5, 0.6) is 11.5 Å². The first-order chi connectivity index (χ1) is 9.66. The average molecular weight is 337 g/mol. The maximum atomic E-state index is 12.4. The monoisotopic (exact) mass is 336 g/mol. The van der Waals surface area contributed by atoms with Gasteiger partial charge in [-0.2, -0.15) is 13.2 Å². The van der Waals surface area contributed by atoms with Gasteiger partial charge in [0.25, 0.3) is 9.05 Å². The molecule has 0 aliphatic rings. The van der Waals surface area contributed by atoms with Gasteiger partial charge < -0.3 is 4.74 Å². The first-order valence-electron chi connectivity index (χ1n) is 5.56. The molecule has 0 unspecified atom stereocenters. The summed E-state index contributed by atoms with van der Waals surface area (Å²) >= 11 is 0. The van der Waals surface area contributed by atoms with Gasteiger partial charge >= 0.3 is 6.18 Å². The van der Waals surface area contributed by atoms with Crippen LogP contribution < -0.4 is 4.74 Å². The van der Waals surface area contributed by atoms with Crippen molar-refractivity contribution in [2.75, 3.05) is 0 Å². The quantitative estimate of drug-likeness (QED) is 0.779. The molecular weight excluding hydrogens is 329 g/mol. The molecular formula is C13H8ClF3O3S. The largest absolute Gasteiger partial charge is 0.457 e. The first kappa shape index (κ1) is 15.7. The summed E-state index contributed by atoms with van der Waals surface area (Å²) in [5, 5.41) is 0. The van der Waals surface area contributed by atoms with Crippen molar-refractivity contribution in [3.8, 4) is 11.5 Å². The van der Waals surface area contributed by atoms with Crippen LogP contribution in [0, 0.1) is 0 Å². The number of halogens is 4. The predicted molar refractivity (Wildman–Crippen MR) is 71.0 cm³/mol. The van der Waals surface area contributed by atoms with Gasteiger partial charge in [-0.25, -0.2) is 8.42 Å². The van der Waals surface area contributed by atoms with E-state index >= 15 is 0 Å². The topological polar surface area (TPSA) is 43.4 Å². The molecule has 3 nitrogen and oxygen atoms in total. The van der Waals surface area contributed by atoms with Crippen molar-refractivity contribution in [2.45, 2.75) is 11.1 Å². The van der Waals surface area contributed by atoms with Crippen molar-refractivity contribution < 1.29 is 26.3 Å². The van der Waals surface area contributed by atoms with Crippen LogP contribution in [0.2, 0.25) is 0 Å². The second kappa shape index (κ2) is 5.57. The lowest BCUT2D eigenvalue weighted by Crippen LogP contribution is -2.03. The van der Waals surface area contributed by atoms with Gasteiger partial charge in [-0.05, 0) is 48.5 Å². The number of benzene rings is 2. The van der Waals surface area contributed by atoms with E-state index in [4.69, 9.17) is 15.4 Å². The molecule has 0 aliphatic carbocycles. The molecule has 0 N–H and O–H groups in total. The Labute approximate surface area is 123 Å². The normalized spacial score (nSPS) is 12.2. The zero-order valence-electron chi connectivity index (χ0n) is 10.3. The van der Waals surface area contributed by atoms with E-state index in [2.05, 4.69) is 0 Å². The van der Waals surface area contributed by atoms with Crippen molar-refractivity contribution in [1.29, 1.82) is 0 Å². The van der Waals surface area contributed by atoms with Crippen molar-refractivity contribution >= 4 is 19.7 Å². The Morgan fingerprint density at radius 3 is 1.67 bits per heavy atom. The molecule has 8 heteroatoms. The third-order valence-corrected chi connectivity index (χ3v) is 3.89. The van der Waals surface area contributed by atoms with Crippen LogP contribution in [0.25, 0.3) is 0 Å². The fraction of sp³-hybridized carbons (Fsp3) is 0.0769. The smallest absolute Gasteiger partial charge is 0.416 e. The minimum atomic E-state index is -4.41. The lowest BCUT2D eigenvalue weighted by Gasteiger charge is -2.09. The summed E-state index contributed by atoms with van der Waals surface area (Å²) in [5.41, 5.74) is -0.779. The molecule has 0 saturated heterocycles. The molecule has 21 heavy (non-hydrogen) atoms. The summed E-state index contributed by atoms with van der Waals surface area (Å²) in [6, 6.07) is 9.33. The second-order valence-corrected chi connectivity index (χ2v) is 6.60. The Kier molecular flexibility index (Phi) is 4.15. The summed E-state index contributed by atoms with van der Waals surface area (Å²) in [6.45, 7) is 0. The van der Waals surface area contributed by atoms with E-state index in [1.54, 1.807) is 0 Å². The van der Waals surface area contributed by atoms with Gasteiger partial charge in [-0.1, -0.05) is 0 Å². The highest BCUT2D eigenvalue weighted by molar-refractivity contribution is 8.13. The van der Waals surface area contributed by atoms with Gasteiger partial charge in [0.05, 0.1) is 10.5 Å². The molecule has 112 valence electrons. The van der Waals surface area contributed by atoms with Crippen LogP contribution in [-0.4, -0.2) is 8.42 Å². The highest BCUT2D eigenvalue weighted by Crippen LogP contribution is 2.31. The van der Waals surface area contributed by atoms with E-state index < -0.39 is 20.8 Å². The van der Waals surface area contributed by atoms with Crippen LogP contribution in [0.3, 0.4) is 0 Å². The van der Waals surface area contributed by atoms with Gasteiger partial charge in [0.2, 0.25) is 0 Å². The minimum Gasteiger partial charge on any atom is -0.457 e. The summed E-state index contributed by atoms with van der Waals surface area (Å²) in [5.74, 6) is 0.475. The molecule has 0 heterocycles. The molecule has 0 saturated carbocycles. The van der Waals surface area contributed by atoms with Crippen molar-refractivity contribution in [3.05, 3.63) is 54.1 Å². The van der Waals surface area contributed by atoms with E-state index in [0.29, 0.717) is 0 Å². The maximum Gasteiger partial charge on any atom is 0.416 e. The predicted octanol–water partition coefficient (Wildman–Crippen LogP) is 4.43. The van der Waals surface area contributed by atoms with Crippen LogP contribution in [0.15, 0.2) is 53.4 Å². The lowest BCUT2D eigenvalue weighted by atomic mass is 10.2. The lowest BCUT2D eigenvalue weighted by molar-refractivity contribution is -0.137. The molecule has 0 amide bonds. The van der Waals surface area contributed by atoms with Crippen molar-refractivity contribution in [3.63, 3.8) is 0 Å². The van der Waals surface area contributed by atoms with Crippen LogP contribution in [-0.2, 0) is 15.2 Å². The molecule has 2 aromatic carbocycles. The Balaban J connectivity index is 2.15. The van der Waals surface area contributed by atoms with Crippen LogP contribution in [0.4, 0.5) is 13.2 Å². The molecule has 0 spiro atoms. The van der Waals surface area contributed by atoms with Gasteiger partial charge in [-0.3, -0.25) is 0 Å². The molecule has 0 radical (unpaired) electrons. The number of hydrogen-bond donors (Lipinski definition) is 0. The molecule has 0 fully saturated rings. The first-order valence-corrected chi connectivity index (χ1v) is 7.87. The van der Waals surface area contributed by atoms with Gasteiger partial charge in [0, 0.05) is 10.7 Å². The standard InChI is InChI=1S/C13H8ClF3O3S/c14-21(18,19)12-7-5-11(6-8-12)20-10-3-1-9(2-4-10)13(15,16)17/h1-8H. The van der Waals surface area contributed by atoms with Gasteiger partial charge in [0.15, 0.2) is 0 Å².